The van der Waals surface area contributed by atoms with Gasteiger partial charge in [0.1, 0.15) is 0 Å². The fourth-order valence-corrected chi connectivity index (χ4v) is 2.18. The van der Waals surface area contributed by atoms with Crippen molar-refractivity contribution < 1.29 is 0 Å². The highest BCUT2D eigenvalue weighted by Crippen LogP contribution is 2.40. The average Bonchev–Trinajstić information content (AvgIpc) is 2.61. The maximum absolute atomic E-state index is 4.76. The van der Waals surface area contributed by atoms with Gasteiger partial charge in [-0.25, -0.2) is 0 Å². The molecule has 0 N–H and O–H groups in total. The minimum atomic E-state index is -0.0239. The maximum atomic E-state index is 4.76. The van der Waals surface area contributed by atoms with Crippen LogP contribution in [-0.2, 0) is 10.2 Å². The van der Waals surface area contributed by atoms with Crippen LogP contribution < -0.4 is 0 Å². The van der Waals surface area contributed by atoms with Crippen LogP contribution in [0.5, 0.6) is 0 Å². The fourth-order valence-electron chi connectivity index (χ4n) is 1.65. The standard InChI is InChI=1S/C13H24N2S2/c1-9(2)15-11(13(6,7)17-16)8-10(14-15)12(3,4)5/h8-9,16H,1-7H3. The van der Waals surface area contributed by atoms with E-state index in [1.165, 1.54) is 5.69 Å². The number of aromatic nitrogens is 2. The van der Waals surface area contributed by atoms with Crippen LogP contribution in [0.2, 0.25) is 0 Å². The van der Waals surface area contributed by atoms with Gasteiger partial charge in [-0.2, -0.15) is 5.10 Å². The minimum Gasteiger partial charge on any atom is -0.265 e. The first-order chi connectivity index (χ1) is 7.59. The third kappa shape index (κ3) is 3.22. The molecule has 0 aliphatic rings. The molecule has 1 aromatic heterocycles. The lowest BCUT2D eigenvalue weighted by atomic mass is 9.91. The second kappa shape index (κ2) is 4.88. The van der Waals surface area contributed by atoms with E-state index in [9.17, 15) is 0 Å². The summed E-state index contributed by atoms with van der Waals surface area (Å²) in [5, 5.41) is 4.76. The van der Waals surface area contributed by atoms with E-state index in [4.69, 9.17) is 5.10 Å². The highest BCUT2D eigenvalue weighted by molar-refractivity contribution is 8.68. The fraction of sp³-hybridized carbons (Fsp3) is 0.769. The van der Waals surface area contributed by atoms with Crippen LogP contribution in [0.4, 0.5) is 0 Å². The number of thiol groups is 1. The molecule has 4 heteroatoms. The molecule has 0 unspecified atom stereocenters. The largest absolute Gasteiger partial charge is 0.265 e. The second-order valence-electron chi connectivity index (χ2n) is 6.30. The van der Waals surface area contributed by atoms with Gasteiger partial charge in [0.15, 0.2) is 0 Å². The minimum absolute atomic E-state index is 0.0239. The van der Waals surface area contributed by atoms with Gasteiger partial charge in [-0.1, -0.05) is 31.6 Å². The first kappa shape index (κ1) is 15.0. The van der Waals surface area contributed by atoms with Crippen LogP contribution >= 0.6 is 22.5 Å². The molecule has 0 spiro atoms. The van der Waals surface area contributed by atoms with E-state index in [0.717, 1.165) is 5.69 Å². The third-order valence-corrected chi connectivity index (χ3v) is 4.87. The van der Waals surface area contributed by atoms with Crippen LogP contribution in [0.3, 0.4) is 0 Å². The lowest BCUT2D eigenvalue weighted by Gasteiger charge is -2.23. The van der Waals surface area contributed by atoms with Crippen molar-refractivity contribution in [1.29, 1.82) is 0 Å². The Bertz CT molecular complexity index is 387. The van der Waals surface area contributed by atoms with Crippen LogP contribution in [0.25, 0.3) is 0 Å². The van der Waals surface area contributed by atoms with E-state index in [2.05, 4.69) is 70.9 Å². The van der Waals surface area contributed by atoms with Gasteiger partial charge in [-0.3, -0.25) is 4.68 Å². The van der Waals surface area contributed by atoms with E-state index in [1.54, 1.807) is 10.8 Å². The monoisotopic (exact) mass is 272 g/mol. The smallest absolute Gasteiger partial charge is 0.0681 e. The zero-order valence-corrected chi connectivity index (χ0v) is 13.6. The predicted octanol–water partition coefficient (Wildman–Crippen LogP) is 4.57. The van der Waals surface area contributed by atoms with E-state index in [1.807, 2.05) is 0 Å². The number of hydrogen-bond acceptors (Lipinski definition) is 3. The van der Waals surface area contributed by atoms with Gasteiger partial charge >= 0.3 is 0 Å². The average molecular weight is 272 g/mol. The highest BCUT2D eigenvalue weighted by Gasteiger charge is 2.29. The Morgan fingerprint density at radius 1 is 1.24 bits per heavy atom. The van der Waals surface area contributed by atoms with Gasteiger partial charge in [0.25, 0.3) is 0 Å². The molecule has 0 radical (unpaired) electrons. The molecule has 1 rings (SSSR count). The van der Waals surface area contributed by atoms with Gasteiger partial charge in [0.2, 0.25) is 0 Å². The Morgan fingerprint density at radius 2 is 1.76 bits per heavy atom. The van der Waals surface area contributed by atoms with Crippen LogP contribution in [0.1, 0.15) is 65.9 Å². The van der Waals surface area contributed by atoms with Crippen molar-refractivity contribution in [3.05, 3.63) is 17.5 Å². The molecule has 0 saturated heterocycles. The molecule has 17 heavy (non-hydrogen) atoms. The Morgan fingerprint density at radius 3 is 2.12 bits per heavy atom. The lowest BCUT2D eigenvalue weighted by molar-refractivity contribution is 0.469. The summed E-state index contributed by atoms with van der Waals surface area (Å²) >= 11 is 4.39. The number of rotatable bonds is 3. The van der Waals surface area contributed by atoms with E-state index in [0.29, 0.717) is 6.04 Å². The van der Waals surface area contributed by atoms with Gasteiger partial charge in [0, 0.05) is 11.5 Å². The van der Waals surface area contributed by atoms with Crippen molar-refractivity contribution in [2.45, 2.75) is 64.7 Å². The van der Waals surface area contributed by atoms with Crippen molar-refractivity contribution >= 4 is 22.5 Å². The molecule has 0 bridgehead atoms. The first-order valence-corrected chi connectivity index (χ1v) is 7.89. The van der Waals surface area contributed by atoms with Crippen molar-refractivity contribution in [2.24, 2.45) is 0 Å². The topological polar surface area (TPSA) is 17.8 Å². The predicted molar refractivity (Wildman–Crippen MR) is 80.9 cm³/mol. The van der Waals surface area contributed by atoms with E-state index < -0.39 is 0 Å². The van der Waals surface area contributed by atoms with Gasteiger partial charge in [-0.15, -0.1) is 11.7 Å². The Balaban J connectivity index is 3.34. The second-order valence-corrected chi connectivity index (χ2v) is 8.06. The number of hydrogen-bond donors (Lipinski definition) is 1. The molecule has 0 amide bonds. The quantitative estimate of drug-likeness (QED) is 0.641. The van der Waals surface area contributed by atoms with Crippen molar-refractivity contribution in [1.82, 2.24) is 9.78 Å². The van der Waals surface area contributed by atoms with Gasteiger partial charge in [-0.05, 0) is 33.8 Å². The van der Waals surface area contributed by atoms with Crippen molar-refractivity contribution in [2.75, 3.05) is 0 Å². The molecular formula is C13H24N2S2. The Labute approximate surface area is 114 Å². The molecule has 0 aliphatic carbocycles. The van der Waals surface area contributed by atoms with Crippen LogP contribution in [0.15, 0.2) is 6.07 Å². The molecule has 0 atom stereocenters. The number of nitrogens with zero attached hydrogens (tertiary/aromatic N) is 2. The third-order valence-electron chi connectivity index (χ3n) is 2.84. The zero-order chi connectivity index (χ0) is 13.4. The summed E-state index contributed by atoms with van der Waals surface area (Å²) in [5.74, 6) is 0. The summed E-state index contributed by atoms with van der Waals surface area (Å²) < 4.78 is 2.10. The molecule has 0 aliphatic heterocycles. The molecule has 2 nitrogen and oxygen atoms in total. The molecule has 98 valence electrons. The SMILES string of the molecule is CC(C)n1nc(C(C)(C)C)cc1C(C)(C)SS. The van der Waals surface area contributed by atoms with E-state index >= 15 is 0 Å². The summed E-state index contributed by atoms with van der Waals surface area (Å²) in [6.07, 6.45) is 0. The molecule has 1 aromatic rings. The maximum Gasteiger partial charge on any atom is 0.0681 e. The molecular weight excluding hydrogens is 248 g/mol. The van der Waals surface area contributed by atoms with Crippen molar-refractivity contribution in [3.8, 4) is 0 Å². The first-order valence-electron chi connectivity index (χ1n) is 6.02. The molecule has 0 fully saturated rings. The summed E-state index contributed by atoms with van der Waals surface area (Å²) in [6, 6.07) is 2.60. The highest BCUT2D eigenvalue weighted by atomic mass is 33.1. The summed E-state index contributed by atoms with van der Waals surface area (Å²) in [6.45, 7) is 15.3. The molecule has 0 saturated carbocycles. The molecule has 1 heterocycles. The van der Waals surface area contributed by atoms with E-state index in [-0.39, 0.29) is 10.2 Å². The molecule has 0 aromatic carbocycles. The zero-order valence-electron chi connectivity index (χ0n) is 11.9. The van der Waals surface area contributed by atoms with Crippen molar-refractivity contribution in [3.63, 3.8) is 0 Å². The van der Waals surface area contributed by atoms with Gasteiger partial charge in [0.05, 0.1) is 16.1 Å². The summed E-state index contributed by atoms with van der Waals surface area (Å²) in [4.78, 5) is 0. The Kier molecular flexibility index (Phi) is 4.30. The lowest BCUT2D eigenvalue weighted by Crippen LogP contribution is -2.19. The Hall–Kier alpha value is -0.0900. The summed E-state index contributed by atoms with van der Waals surface area (Å²) in [7, 11) is 1.57. The van der Waals surface area contributed by atoms with Gasteiger partial charge < -0.3 is 0 Å². The summed E-state index contributed by atoms with van der Waals surface area (Å²) in [5.41, 5.74) is 2.49. The normalized spacial score (nSPS) is 13.5. The van der Waals surface area contributed by atoms with Crippen LogP contribution in [-0.4, -0.2) is 9.78 Å². The van der Waals surface area contributed by atoms with Crippen LogP contribution in [0, 0.1) is 0 Å².